The Kier molecular flexibility index (Phi) is 6.49. The summed E-state index contributed by atoms with van der Waals surface area (Å²) in [5, 5.41) is 0. The number of nitrogens with zero attached hydrogens (tertiary/aromatic N) is 3. The van der Waals surface area contributed by atoms with Crippen LogP contribution >= 0.6 is 0 Å². The predicted octanol–water partition coefficient (Wildman–Crippen LogP) is 5.62. The van der Waals surface area contributed by atoms with E-state index >= 15 is 0 Å². The molecule has 184 valence electrons. The van der Waals surface area contributed by atoms with Gasteiger partial charge in [0.05, 0.1) is 12.6 Å². The van der Waals surface area contributed by atoms with Crippen molar-refractivity contribution in [2.24, 2.45) is 5.92 Å². The number of hydrogen-bond donors (Lipinski definition) is 0. The molecule has 5 rings (SSSR count). The monoisotopic (exact) mass is 463 g/mol. The molecule has 1 saturated heterocycles. The second-order valence-electron chi connectivity index (χ2n) is 11.2. The molecule has 0 unspecified atom stereocenters. The van der Waals surface area contributed by atoms with Crippen molar-refractivity contribution >= 4 is 6.03 Å². The van der Waals surface area contributed by atoms with E-state index in [9.17, 15) is 4.79 Å². The van der Waals surface area contributed by atoms with Crippen molar-refractivity contribution in [1.29, 1.82) is 0 Å². The predicted molar refractivity (Wildman–Crippen MR) is 137 cm³/mol. The summed E-state index contributed by atoms with van der Waals surface area (Å²) in [6.45, 7) is 2.48. The van der Waals surface area contributed by atoms with Gasteiger partial charge < -0.3 is 14.5 Å². The first-order valence-electron chi connectivity index (χ1n) is 13.2. The van der Waals surface area contributed by atoms with Crippen LogP contribution in [0.15, 0.2) is 48.1 Å². The number of amides is 2. The first-order valence-corrected chi connectivity index (χ1v) is 13.2. The van der Waals surface area contributed by atoms with Crippen molar-refractivity contribution in [3.63, 3.8) is 0 Å². The molecular weight excluding hydrogens is 422 g/mol. The molecule has 0 atom stereocenters. The van der Waals surface area contributed by atoms with Gasteiger partial charge in [0.15, 0.2) is 0 Å². The topological polar surface area (TPSA) is 36.0 Å². The largest absolute Gasteiger partial charge is 0.497 e. The second-order valence-corrected chi connectivity index (χ2v) is 11.2. The van der Waals surface area contributed by atoms with E-state index in [0.29, 0.717) is 12.5 Å². The number of allylic oxidation sites excluding steroid dienone is 3. The Morgan fingerprint density at radius 3 is 2.38 bits per heavy atom. The summed E-state index contributed by atoms with van der Waals surface area (Å²) in [4.78, 5) is 20.7. The second kappa shape index (κ2) is 9.41. The molecule has 1 aromatic rings. The van der Waals surface area contributed by atoms with E-state index in [1.54, 1.807) is 12.7 Å². The van der Waals surface area contributed by atoms with Gasteiger partial charge in [-0.2, -0.15) is 0 Å². The Balaban J connectivity index is 1.37. The van der Waals surface area contributed by atoms with Crippen LogP contribution in [0.4, 0.5) is 4.79 Å². The van der Waals surface area contributed by atoms with Crippen LogP contribution in [-0.2, 0) is 6.54 Å². The van der Waals surface area contributed by atoms with E-state index < -0.39 is 0 Å². The quantitative estimate of drug-likeness (QED) is 0.526. The molecule has 1 heterocycles. The van der Waals surface area contributed by atoms with Crippen molar-refractivity contribution in [1.82, 2.24) is 14.7 Å². The van der Waals surface area contributed by atoms with Gasteiger partial charge in [-0.3, -0.25) is 4.90 Å². The molecule has 3 aliphatic carbocycles. The number of carbonyl (C=O) groups is 1. The minimum absolute atomic E-state index is 0.0241. The lowest BCUT2D eigenvalue weighted by Crippen LogP contribution is -2.58. The molecule has 0 radical (unpaired) electrons. The lowest BCUT2D eigenvalue weighted by atomic mass is 9.66. The maximum atomic E-state index is 13.8. The molecule has 1 aliphatic heterocycles. The Labute approximate surface area is 205 Å². The fraction of sp³-hybridized carbons (Fsp3) is 0.621. The molecule has 5 nitrogen and oxygen atoms in total. The van der Waals surface area contributed by atoms with E-state index in [1.165, 1.54) is 24.8 Å². The van der Waals surface area contributed by atoms with Crippen LogP contribution < -0.4 is 4.74 Å². The van der Waals surface area contributed by atoms with Crippen LogP contribution in [0.1, 0.15) is 63.4 Å². The van der Waals surface area contributed by atoms with Crippen LogP contribution in [0.3, 0.4) is 0 Å². The van der Waals surface area contributed by atoms with Crippen LogP contribution in [0.25, 0.3) is 0 Å². The minimum Gasteiger partial charge on any atom is -0.497 e. The van der Waals surface area contributed by atoms with Gasteiger partial charge in [-0.15, -0.1) is 0 Å². The fourth-order valence-corrected chi connectivity index (χ4v) is 6.76. The summed E-state index contributed by atoms with van der Waals surface area (Å²) >= 11 is 0. The van der Waals surface area contributed by atoms with Gasteiger partial charge in [0.2, 0.25) is 0 Å². The Morgan fingerprint density at radius 1 is 1.09 bits per heavy atom. The van der Waals surface area contributed by atoms with E-state index in [2.05, 4.69) is 59.2 Å². The molecule has 1 aromatic carbocycles. The van der Waals surface area contributed by atoms with Gasteiger partial charge in [0.1, 0.15) is 5.75 Å². The maximum Gasteiger partial charge on any atom is 0.320 e. The third kappa shape index (κ3) is 4.17. The Morgan fingerprint density at radius 2 is 1.82 bits per heavy atom. The summed E-state index contributed by atoms with van der Waals surface area (Å²) in [6, 6.07) is 8.43. The molecule has 0 N–H and O–H groups in total. The van der Waals surface area contributed by atoms with E-state index in [-0.39, 0.29) is 17.1 Å². The highest BCUT2D eigenvalue weighted by Crippen LogP contribution is 2.49. The summed E-state index contributed by atoms with van der Waals surface area (Å²) in [7, 11) is 6.19. The molecule has 3 fully saturated rings. The lowest BCUT2D eigenvalue weighted by molar-refractivity contribution is 0.0338. The van der Waals surface area contributed by atoms with Crippen molar-refractivity contribution in [3.8, 4) is 5.75 Å². The summed E-state index contributed by atoms with van der Waals surface area (Å²) < 4.78 is 5.32. The van der Waals surface area contributed by atoms with Gasteiger partial charge in [0.25, 0.3) is 0 Å². The van der Waals surface area contributed by atoms with Crippen molar-refractivity contribution in [3.05, 3.63) is 53.6 Å². The molecular formula is C29H41N3O2. The summed E-state index contributed by atoms with van der Waals surface area (Å²) in [5.74, 6) is 1.55. The van der Waals surface area contributed by atoms with Crippen LogP contribution in [-0.4, -0.2) is 66.1 Å². The summed E-state index contributed by atoms with van der Waals surface area (Å²) in [5.41, 5.74) is 2.86. The smallest absolute Gasteiger partial charge is 0.320 e. The Bertz CT molecular complexity index is 937. The molecule has 0 bridgehead atoms. The zero-order valence-corrected chi connectivity index (χ0v) is 21.3. The zero-order chi connectivity index (χ0) is 23.8. The van der Waals surface area contributed by atoms with Crippen LogP contribution in [0.5, 0.6) is 5.75 Å². The highest BCUT2D eigenvalue weighted by Gasteiger charge is 2.55. The number of methoxy groups -OCH3 is 1. The lowest BCUT2D eigenvalue weighted by Gasteiger charge is -2.52. The first kappa shape index (κ1) is 23.5. The van der Waals surface area contributed by atoms with Gasteiger partial charge in [-0.25, -0.2) is 4.79 Å². The number of urea groups is 1. The average Bonchev–Trinajstić information content (AvgIpc) is 3.08. The van der Waals surface area contributed by atoms with Crippen molar-refractivity contribution in [2.45, 2.75) is 75.4 Å². The highest BCUT2D eigenvalue weighted by molar-refractivity contribution is 5.78. The number of carbonyl (C=O) groups excluding carboxylic acids is 1. The average molecular weight is 464 g/mol. The third-order valence-electron chi connectivity index (χ3n) is 9.23. The van der Waals surface area contributed by atoms with Gasteiger partial charge >= 0.3 is 6.03 Å². The molecule has 0 aromatic heterocycles. The molecule has 5 heteroatoms. The standard InChI is InChI=1S/C29H41N3O2/c1-30(2)29(25-10-5-4-6-11-25)18-16-28(17-19-29)22-31(20-24-12-14-26(34-3)15-13-24)27(33)32(28)21-23-8-7-9-23/h4-5,10,12-15,23H,6-9,11,16-22H2,1-3H3. The molecule has 2 saturated carbocycles. The van der Waals surface area contributed by atoms with Gasteiger partial charge in [0, 0.05) is 25.2 Å². The summed E-state index contributed by atoms with van der Waals surface area (Å²) in [6.07, 6.45) is 17.5. The third-order valence-corrected chi connectivity index (χ3v) is 9.23. The molecule has 2 amide bonds. The number of ether oxygens (including phenoxy) is 1. The van der Waals surface area contributed by atoms with Gasteiger partial charge in [-0.05, 0) is 94.6 Å². The number of hydrogen-bond acceptors (Lipinski definition) is 3. The van der Waals surface area contributed by atoms with E-state index in [4.69, 9.17) is 4.74 Å². The fourth-order valence-electron chi connectivity index (χ4n) is 6.76. The molecule has 34 heavy (non-hydrogen) atoms. The number of benzene rings is 1. The highest BCUT2D eigenvalue weighted by atomic mass is 16.5. The molecule has 1 spiro atoms. The van der Waals surface area contributed by atoms with Crippen molar-refractivity contribution in [2.75, 3.05) is 34.3 Å². The van der Waals surface area contributed by atoms with E-state index in [1.807, 2.05) is 12.1 Å². The molecule has 4 aliphatic rings. The van der Waals surface area contributed by atoms with Gasteiger partial charge in [-0.1, -0.05) is 36.8 Å². The van der Waals surface area contributed by atoms with E-state index in [0.717, 1.165) is 57.4 Å². The maximum absolute atomic E-state index is 13.8. The van der Waals surface area contributed by atoms with Crippen LogP contribution in [0, 0.1) is 5.92 Å². The SMILES string of the molecule is COc1ccc(CN2CC3(CCC(C4=CC=CCC4)(N(C)C)CC3)N(CC3CCC3)C2=O)cc1. The number of rotatable bonds is 7. The first-order chi connectivity index (χ1) is 16.5. The normalized spacial score (nSPS) is 29.6. The Hall–Kier alpha value is -2.27. The minimum atomic E-state index is -0.0241. The van der Waals surface area contributed by atoms with Crippen molar-refractivity contribution < 1.29 is 9.53 Å². The van der Waals surface area contributed by atoms with Crippen LogP contribution in [0.2, 0.25) is 0 Å². The number of likely N-dealkylation sites (N-methyl/N-ethyl adjacent to an activating group) is 1. The zero-order valence-electron chi connectivity index (χ0n) is 21.3.